The van der Waals surface area contributed by atoms with Crippen LogP contribution >= 0.6 is 0 Å². The molecule has 0 saturated carbocycles. The summed E-state index contributed by atoms with van der Waals surface area (Å²) in [5.74, 6) is -10.9. The van der Waals surface area contributed by atoms with E-state index in [1.807, 2.05) is 0 Å². The molecule has 0 spiro atoms. The summed E-state index contributed by atoms with van der Waals surface area (Å²) in [5, 5.41) is 47.8. The molecule has 1 aromatic carbocycles. The van der Waals surface area contributed by atoms with Gasteiger partial charge in [-0.1, -0.05) is 31.0 Å². The molecule has 15 nitrogen and oxygen atoms in total. The summed E-state index contributed by atoms with van der Waals surface area (Å²) in [7, 11) is 0. The minimum atomic E-state index is -1.82. The van der Waals surface area contributed by atoms with Crippen LogP contribution in [0.1, 0.15) is 31.2 Å². The van der Waals surface area contributed by atoms with Gasteiger partial charge in [-0.05, 0) is 31.0 Å². The Morgan fingerprint density at radius 2 is 1.14 bits per heavy atom. The van der Waals surface area contributed by atoms with Crippen molar-refractivity contribution in [3.8, 4) is 0 Å². The lowest BCUT2D eigenvalue weighted by Gasteiger charge is -2.29. The Balaban J connectivity index is 0. The van der Waals surface area contributed by atoms with E-state index in [-0.39, 0.29) is 0 Å². The van der Waals surface area contributed by atoms with E-state index in [4.69, 9.17) is 65.1 Å². The molecule has 0 unspecified atom stereocenters. The highest BCUT2D eigenvalue weighted by Crippen LogP contribution is 2.21. The zero-order valence-electron chi connectivity index (χ0n) is 18.6. The number of carboxylic acid groups (broad SMARTS) is 6. The normalized spacial score (nSPS) is 11.2. The summed E-state index contributed by atoms with van der Waals surface area (Å²) in [6, 6.07) is 8.58. The number of aliphatic carboxylic acids is 6. The van der Waals surface area contributed by atoms with Crippen molar-refractivity contribution in [1.29, 1.82) is 0 Å². The predicted octanol–water partition coefficient (Wildman–Crippen LogP) is -0.142. The van der Waals surface area contributed by atoms with Crippen molar-refractivity contribution < 1.29 is 59.4 Å². The molecule has 0 fully saturated rings. The summed E-state index contributed by atoms with van der Waals surface area (Å²) in [5.41, 5.74) is 8.20. The highest BCUT2D eigenvalue weighted by molar-refractivity contribution is 6.28. The molecule has 1 aromatic rings. The van der Waals surface area contributed by atoms with Gasteiger partial charge >= 0.3 is 35.8 Å². The number of hydrogen-bond acceptors (Lipinski definition) is 9. The van der Waals surface area contributed by atoms with Crippen LogP contribution in [-0.2, 0) is 35.3 Å². The van der Waals surface area contributed by atoms with Crippen LogP contribution in [0.25, 0.3) is 0 Å². The van der Waals surface area contributed by atoms with E-state index >= 15 is 0 Å². The molecule has 15 heteroatoms. The largest absolute Gasteiger partial charge is 0.473 e. The minimum Gasteiger partial charge on any atom is -0.473 e. The Bertz CT molecular complexity index is 766. The molecule has 35 heavy (non-hydrogen) atoms. The first-order valence-corrected chi connectivity index (χ1v) is 9.96. The zero-order valence-corrected chi connectivity index (χ0v) is 18.6. The van der Waals surface area contributed by atoms with Crippen LogP contribution in [0.2, 0.25) is 0 Å². The summed E-state index contributed by atoms with van der Waals surface area (Å²) < 4.78 is 0. The molecule has 0 aliphatic carbocycles. The Morgan fingerprint density at radius 3 is 1.57 bits per heavy atom. The zero-order chi connectivity index (χ0) is 27.4. The quantitative estimate of drug-likeness (QED) is 0.185. The number of benzene rings is 1. The fourth-order valence-electron chi connectivity index (χ4n) is 2.32. The summed E-state index contributed by atoms with van der Waals surface area (Å²) in [6.07, 6.45) is 5.02. The van der Waals surface area contributed by atoms with Crippen molar-refractivity contribution in [3.05, 3.63) is 29.8 Å². The first-order chi connectivity index (χ1) is 16.3. The minimum absolute atomic E-state index is 0.832. The van der Waals surface area contributed by atoms with E-state index in [0.717, 1.165) is 19.8 Å². The fraction of sp³-hybridized carbons (Fsp3) is 0.400. The number of rotatable bonds is 6. The number of carbonyl (C=O) groups is 6. The standard InChI is InChI=1S/C14H23N3.3C2H2O4/c15-9-5-1-2-6-10-17-11-13-7-3-4-8-14(13)16-12-17;3*3-1(4)2(5)6/h3-4,7-8,16H,1-2,5-6,9-12,15H2;3*(H,3,4)(H,5,6). The molecule has 2 rings (SSSR count). The number of nitrogens with zero attached hydrogens (tertiary/aromatic N) is 1. The van der Waals surface area contributed by atoms with Gasteiger partial charge in [0.2, 0.25) is 0 Å². The fourth-order valence-corrected chi connectivity index (χ4v) is 2.32. The second-order valence-corrected chi connectivity index (χ2v) is 6.58. The Kier molecular flexibility index (Phi) is 18.1. The maximum Gasteiger partial charge on any atom is 0.414 e. The number of para-hydroxylation sites is 1. The van der Waals surface area contributed by atoms with Gasteiger partial charge in [-0.25, -0.2) is 28.8 Å². The summed E-state index contributed by atoms with van der Waals surface area (Å²) in [4.78, 5) is 57.1. The van der Waals surface area contributed by atoms with Crippen LogP contribution < -0.4 is 11.1 Å². The van der Waals surface area contributed by atoms with Crippen LogP contribution in [0.3, 0.4) is 0 Å². The van der Waals surface area contributed by atoms with E-state index in [0.29, 0.717) is 0 Å². The van der Waals surface area contributed by atoms with Gasteiger partial charge in [-0.15, -0.1) is 0 Å². The second-order valence-electron chi connectivity index (χ2n) is 6.58. The number of unbranched alkanes of at least 4 members (excludes halogenated alkanes) is 3. The van der Waals surface area contributed by atoms with Gasteiger partial charge in [0.25, 0.3) is 0 Å². The molecule has 1 heterocycles. The third kappa shape index (κ3) is 19.0. The monoisotopic (exact) mass is 503 g/mol. The molecule has 9 N–H and O–H groups in total. The van der Waals surface area contributed by atoms with E-state index in [9.17, 15) is 0 Å². The molecule has 1 aliphatic rings. The van der Waals surface area contributed by atoms with Crippen molar-refractivity contribution in [2.45, 2.75) is 32.2 Å². The molecule has 0 bridgehead atoms. The van der Waals surface area contributed by atoms with Crippen LogP contribution in [-0.4, -0.2) is 91.1 Å². The van der Waals surface area contributed by atoms with E-state index in [1.165, 1.54) is 43.5 Å². The van der Waals surface area contributed by atoms with Crippen LogP contribution in [0.15, 0.2) is 24.3 Å². The number of nitrogens with one attached hydrogen (secondary N) is 1. The lowest BCUT2D eigenvalue weighted by Crippen LogP contribution is -2.34. The van der Waals surface area contributed by atoms with Gasteiger partial charge in [-0.3, -0.25) is 4.90 Å². The average Bonchev–Trinajstić information content (AvgIpc) is 2.80. The lowest BCUT2D eigenvalue weighted by atomic mass is 10.1. The summed E-state index contributed by atoms with van der Waals surface area (Å²) >= 11 is 0. The number of anilines is 1. The highest BCUT2D eigenvalue weighted by Gasteiger charge is 2.13. The Morgan fingerprint density at radius 1 is 0.714 bits per heavy atom. The molecule has 0 saturated heterocycles. The van der Waals surface area contributed by atoms with Gasteiger partial charge in [-0.2, -0.15) is 0 Å². The molecule has 196 valence electrons. The number of carboxylic acids is 6. The van der Waals surface area contributed by atoms with Gasteiger partial charge in [0.05, 0.1) is 6.67 Å². The maximum absolute atomic E-state index is 9.10. The van der Waals surface area contributed by atoms with Gasteiger partial charge < -0.3 is 41.7 Å². The first-order valence-electron chi connectivity index (χ1n) is 9.96. The van der Waals surface area contributed by atoms with E-state index in [1.54, 1.807) is 0 Å². The van der Waals surface area contributed by atoms with Crippen molar-refractivity contribution >= 4 is 41.5 Å². The Labute approximate surface area is 199 Å². The van der Waals surface area contributed by atoms with E-state index in [2.05, 4.69) is 34.5 Å². The first kappa shape index (κ1) is 32.9. The lowest BCUT2D eigenvalue weighted by molar-refractivity contribution is -0.159. The van der Waals surface area contributed by atoms with Crippen LogP contribution in [0, 0.1) is 0 Å². The maximum atomic E-state index is 9.10. The molecular formula is C20H29N3O12. The third-order valence-electron chi connectivity index (χ3n) is 3.88. The van der Waals surface area contributed by atoms with Crippen LogP contribution in [0.5, 0.6) is 0 Å². The average molecular weight is 503 g/mol. The highest BCUT2D eigenvalue weighted by atomic mass is 16.5. The number of hydrogen-bond donors (Lipinski definition) is 8. The van der Waals surface area contributed by atoms with Crippen molar-refractivity contribution in [1.82, 2.24) is 4.90 Å². The third-order valence-corrected chi connectivity index (χ3v) is 3.88. The number of fused-ring (bicyclic) bond motifs is 1. The van der Waals surface area contributed by atoms with Crippen LogP contribution in [0.4, 0.5) is 5.69 Å². The molecule has 0 aromatic heterocycles. The van der Waals surface area contributed by atoms with Gasteiger partial charge in [0.15, 0.2) is 0 Å². The Hall–Kier alpha value is -4.24. The molecular weight excluding hydrogens is 474 g/mol. The van der Waals surface area contributed by atoms with Gasteiger partial charge in [0, 0.05) is 18.8 Å². The topological polar surface area (TPSA) is 265 Å². The summed E-state index contributed by atoms with van der Waals surface area (Å²) in [6.45, 7) is 4.08. The second kappa shape index (κ2) is 19.2. The van der Waals surface area contributed by atoms with E-state index < -0.39 is 35.8 Å². The predicted molar refractivity (Wildman–Crippen MR) is 119 cm³/mol. The molecule has 1 aliphatic heterocycles. The van der Waals surface area contributed by atoms with Crippen molar-refractivity contribution in [3.63, 3.8) is 0 Å². The van der Waals surface area contributed by atoms with Crippen molar-refractivity contribution in [2.75, 3.05) is 25.1 Å². The molecule has 0 atom stereocenters. The van der Waals surface area contributed by atoms with Gasteiger partial charge in [0.1, 0.15) is 0 Å². The SMILES string of the molecule is NCCCCCCN1CNc2ccccc2C1.O=C(O)C(=O)O.O=C(O)C(=O)O.O=C(O)C(=O)O. The van der Waals surface area contributed by atoms with Crippen molar-refractivity contribution in [2.24, 2.45) is 5.73 Å². The molecule has 0 radical (unpaired) electrons. The smallest absolute Gasteiger partial charge is 0.414 e. The number of nitrogens with two attached hydrogens (primary N) is 1. The molecule has 0 amide bonds.